The SMILES string of the molecule is CCC1OC(OC2C(NC(=O)OC(C)(C)C)CC(C)C(OC3OC(CO)C(O)C(NC(=O)OC(C)(C)C)C3O)C2O)C(C)C(O)C1O. The summed E-state index contributed by atoms with van der Waals surface area (Å²) in [6.07, 6.45) is -15.1. The molecule has 0 radical (unpaired) electrons. The van der Waals surface area contributed by atoms with Crippen molar-refractivity contribution in [2.75, 3.05) is 6.61 Å². The number of aliphatic hydroxyl groups excluding tert-OH is 6. The molecule has 15 unspecified atom stereocenters. The molecule has 47 heavy (non-hydrogen) atoms. The minimum Gasteiger partial charge on any atom is -0.444 e. The lowest BCUT2D eigenvalue weighted by Crippen LogP contribution is -2.67. The van der Waals surface area contributed by atoms with E-state index in [9.17, 15) is 40.2 Å². The van der Waals surface area contributed by atoms with Gasteiger partial charge in [-0.25, -0.2) is 9.59 Å². The Kier molecular flexibility index (Phi) is 13.3. The van der Waals surface area contributed by atoms with Crippen molar-refractivity contribution in [3.8, 4) is 0 Å². The summed E-state index contributed by atoms with van der Waals surface area (Å²) >= 11 is 0. The van der Waals surface area contributed by atoms with E-state index >= 15 is 0 Å². The first-order valence-electron chi connectivity index (χ1n) is 16.3. The number of carbonyl (C=O) groups is 2. The van der Waals surface area contributed by atoms with E-state index in [0.29, 0.717) is 6.42 Å². The zero-order valence-corrected chi connectivity index (χ0v) is 28.7. The minimum absolute atomic E-state index is 0.184. The van der Waals surface area contributed by atoms with Crippen LogP contribution in [0.25, 0.3) is 0 Å². The lowest BCUT2D eigenvalue weighted by Gasteiger charge is -2.49. The second-order valence-electron chi connectivity index (χ2n) is 14.8. The van der Waals surface area contributed by atoms with Gasteiger partial charge in [0, 0.05) is 5.92 Å². The summed E-state index contributed by atoms with van der Waals surface area (Å²) in [5.41, 5.74) is -1.69. The van der Waals surface area contributed by atoms with Crippen LogP contribution in [0.4, 0.5) is 9.59 Å². The highest BCUT2D eigenvalue weighted by Gasteiger charge is 2.52. The number of carbonyl (C=O) groups excluding carboxylic acids is 2. The van der Waals surface area contributed by atoms with Crippen LogP contribution in [0.1, 0.15) is 75.2 Å². The van der Waals surface area contributed by atoms with Gasteiger partial charge in [-0.15, -0.1) is 0 Å². The molecule has 15 atom stereocenters. The highest BCUT2D eigenvalue weighted by Crippen LogP contribution is 2.36. The van der Waals surface area contributed by atoms with Gasteiger partial charge in [-0.05, 0) is 60.3 Å². The number of nitrogens with one attached hydrogen (secondary N) is 2. The number of ether oxygens (including phenoxy) is 6. The molecule has 2 amide bonds. The smallest absolute Gasteiger partial charge is 0.408 e. The lowest BCUT2D eigenvalue weighted by atomic mass is 9.79. The van der Waals surface area contributed by atoms with E-state index in [4.69, 9.17) is 28.4 Å². The first kappa shape index (κ1) is 39.6. The van der Waals surface area contributed by atoms with Gasteiger partial charge in [-0.3, -0.25) is 0 Å². The topological polar surface area (TPSA) is 235 Å². The van der Waals surface area contributed by atoms with Crippen molar-refractivity contribution < 1.29 is 68.6 Å². The molecule has 0 aromatic heterocycles. The molecule has 2 heterocycles. The summed E-state index contributed by atoms with van der Waals surface area (Å²) < 4.78 is 34.8. The molecule has 1 aliphatic carbocycles. The predicted octanol–water partition coefficient (Wildman–Crippen LogP) is -0.124. The fourth-order valence-electron chi connectivity index (χ4n) is 6.11. The zero-order chi connectivity index (χ0) is 35.6. The summed E-state index contributed by atoms with van der Waals surface area (Å²) in [4.78, 5) is 25.4. The average Bonchev–Trinajstić information content (AvgIpc) is 2.94. The molecule has 0 spiro atoms. The highest BCUT2D eigenvalue weighted by molar-refractivity contribution is 5.68. The molecule has 0 aromatic rings. The van der Waals surface area contributed by atoms with Gasteiger partial charge >= 0.3 is 12.2 Å². The third-order valence-corrected chi connectivity index (χ3v) is 8.52. The Morgan fingerprint density at radius 2 is 1.26 bits per heavy atom. The Morgan fingerprint density at radius 1 is 0.723 bits per heavy atom. The molecule has 3 fully saturated rings. The van der Waals surface area contributed by atoms with Gasteiger partial charge in [-0.2, -0.15) is 0 Å². The van der Waals surface area contributed by atoms with Crippen LogP contribution in [0.5, 0.6) is 0 Å². The Balaban J connectivity index is 1.87. The number of hydrogen-bond acceptors (Lipinski definition) is 14. The Bertz CT molecular complexity index is 1030. The number of alkyl carbamates (subject to hydrolysis) is 2. The van der Waals surface area contributed by atoms with Crippen molar-refractivity contribution in [1.82, 2.24) is 10.6 Å². The largest absolute Gasteiger partial charge is 0.444 e. The maximum Gasteiger partial charge on any atom is 0.408 e. The Labute approximate surface area is 276 Å². The van der Waals surface area contributed by atoms with Crippen LogP contribution < -0.4 is 10.6 Å². The van der Waals surface area contributed by atoms with E-state index in [1.807, 2.05) is 0 Å². The van der Waals surface area contributed by atoms with Gasteiger partial charge < -0.3 is 69.7 Å². The van der Waals surface area contributed by atoms with Crippen LogP contribution in [0.2, 0.25) is 0 Å². The van der Waals surface area contributed by atoms with Crippen molar-refractivity contribution in [3.05, 3.63) is 0 Å². The quantitative estimate of drug-likeness (QED) is 0.167. The molecular weight excluding hydrogens is 624 g/mol. The second kappa shape index (κ2) is 15.8. The number of aliphatic hydroxyl groups is 6. The molecule has 16 heteroatoms. The van der Waals surface area contributed by atoms with Crippen molar-refractivity contribution in [1.29, 1.82) is 0 Å². The molecule has 2 saturated heterocycles. The molecule has 274 valence electrons. The van der Waals surface area contributed by atoms with Gasteiger partial charge in [0.1, 0.15) is 47.8 Å². The Morgan fingerprint density at radius 3 is 1.79 bits per heavy atom. The molecule has 2 aliphatic heterocycles. The van der Waals surface area contributed by atoms with Gasteiger partial charge in [0.2, 0.25) is 0 Å². The molecular formula is C31H56N2O14. The number of hydrogen-bond donors (Lipinski definition) is 8. The van der Waals surface area contributed by atoms with Crippen molar-refractivity contribution in [3.63, 3.8) is 0 Å². The van der Waals surface area contributed by atoms with Crippen molar-refractivity contribution in [2.24, 2.45) is 11.8 Å². The van der Waals surface area contributed by atoms with E-state index < -0.39 is 121 Å². The zero-order valence-electron chi connectivity index (χ0n) is 28.7. The van der Waals surface area contributed by atoms with Crippen LogP contribution in [0, 0.1) is 11.8 Å². The molecule has 8 N–H and O–H groups in total. The molecule has 0 aromatic carbocycles. The third kappa shape index (κ3) is 10.1. The van der Waals surface area contributed by atoms with Crippen molar-refractivity contribution in [2.45, 2.75) is 166 Å². The summed E-state index contributed by atoms with van der Waals surface area (Å²) in [5.74, 6) is -1.23. The van der Waals surface area contributed by atoms with Gasteiger partial charge in [0.05, 0.1) is 37.0 Å². The third-order valence-electron chi connectivity index (χ3n) is 8.52. The second-order valence-corrected chi connectivity index (χ2v) is 14.8. The lowest BCUT2D eigenvalue weighted by molar-refractivity contribution is -0.330. The fourth-order valence-corrected chi connectivity index (χ4v) is 6.11. The van der Waals surface area contributed by atoms with Gasteiger partial charge in [0.25, 0.3) is 0 Å². The summed E-state index contributed by atoms with van der Waals surface area (Å²) in [6.45, 7) is 14.5. The molecule has 16 nitrogen and oxygen atoms in total. The van der Waals surface area contributed by atoms with E-state index in [-0.39, 0.29) is 6.42 Å². The first-order valence-corrected chi connectivity index (χ1v) is 16.3. The predicted molar refractivity (Wildman–Crippen MR) is 164 cm³/mol. The van der Waals surface area contributed by atoms with Crippen LogP contribution in [0.3, 0.4) is 0 Å². The van der Waals surface area contributed by atoms with Crippen LogP contribution >= 0.6 is 0 Å². The van der Waals surface area contributed by atoms with Crippen LogP contribution in [-0.2, 0) is 28.4 Å². The van der Waals surface area contributed by atoms with Crippen LogP contribution in [0.15, 0.2) is 0 Å². The molecule has 0 bridgehead atoms. The van der Waals surface area contributed by atoms with Crippen LogP contribution in [-0.4, -0.2) is 140 Å². The van der Waals surface area contributed by atoms with Crippen molar-refractivity contribution >= 4 is 12.2 Å². The number of rotatable bonds is 8. The standard InChI is InChI=1S/C31H56N2O14/c1-10-16-21(37)19(35)14(3)26(42-16)45-25-15(32-28(40)46-30(4,5)6)11-13(2)24(23(25)39)44-27-22(38)18(20(36)17(12-34)43-27)33-29(41)47-31(7,8)9/h13-27,34-39H,10-12H2,1-9H3,(H,32,40)(H,33,41). The molecule has 3 aliphatic rings. The van der Waals surface area contributed by atoms with E-state index in [2.05, 4.69) is 10.6 Å². The Hall–Kier alpha value is -1.86. The summed E-state index contributed by atoms with van der Waals surface area (Å²) in [6, 6.07) is -2.21. The van der Waals surface area contributed by atoms with E-state index in [0.717, 1.165) is 0 Å². The molecule has 1 saturated carbocycles. The van der Waals surface area contributed by atoms with E-state index in [1.165, 1.54) is 0 Å². The maximum atomic E-state index is 12.8. The monoisotopic (exact) mass is 680 g/mol. The summed E-state index contributed by atoms with van der Waals surface area (Å²) in [7, 11) is 0. The highest BCUT2D eigenvalue weighted by atomic mass is 16.7. The normalized spacial score (nSPS) is 41.6. The summed E-state index contributed by atoms with van der Waals surface area (Å²) in [5, 5.41) is 70.0. The van der Waals surface area contributed by atoms with Gasteiger partial charge in [-0.1, -0.05) is 20.8 Å². The fraction of sp³-hybridized carbons (Fsp3) is 0.935. The van der Waals surface area contributed by atoms with E-state index in [1.54, 1.807) is 62.3 Å². The maximum absolute atomic E-state index is 12.8. The average molecular weight is 681 g/mol. The minimum atomic E-state index is -1.67. The van der Waals surface area contributed by atoms with Gasteiger partial charge in [0.15, 0.2) is 12.6 Å². The number of amides is 2. The first-order chi connectivity index (χ1) is 21.7. The molecule has 3 rings (SSSR count).